The lowest BCUT2D eigenvalue weighted by Crippen LogP contribution is -2.50. The highest BCUT2D eigenvalue weighted by atomic mass is 35.5. The summed E-state index contributed by atoms with van der Waals surface area (Å²) in [6, 6.07) is 10.8. The summed E-state index contributed by atoms with van der Waals surface area (Å²) in [7, 11) is 1.58. The van der Waals surface area contributed by atoms with Crippen molar-refractivity contribution in [3.8, 4) is 11.5 Å². The zero-order chi connectivity index (χ0) is 22.4. The van der Waals surface area contributed by atoms with Gasteiger partial charge in [-0.3, -0.25) is 4.79 Å². The van der Waals surface area contributed by atoms with Gasteiger partial charge in [0.2, 0.25) is 0 Å². The molecule has 1 fully saturated rings. The van der Waals surface area contributed by atoms with E-state index in [1.807, 2.05) is 13.0 Å². The second-order valence-electron chi connectivity index (χ2n) is 7.20. The van der Waals surface area contributed by atoms with E-state index in [1.54, 1.807) is 54.2 Å². The Balaban J connectivity index is 1.67. The van der Waals surface area contributed by atoms with E-state index in [0.717, 1.165) is 11.1 Å². The first-order valence-electron chi connectivity index (χ1n) is 10.2. The number of rotatable bonds is 6. The third kappa shape index (κ3) is 5.61. The number of piperazine rings is 1. The van der Waals surface area contributed by atoms with Crippen LogP contribution in [0.3, 0.4) is 0 Å². The van der Waals surface area contributed by atoms with Crippen molar-refractivity contribution in [2.24, 2.45) is 0 Å². The molecule has 166 valence electrons. The average molecular weight is 447 g/mol. The topological polar surface area (TPSA) is 68.3 Å². The van der Waals surface area contributed by atoms with E-state index in [-0.39, 0.29) is 18.6 Å². The van der Waals surface area contributed by atoms with Gasteiger partial charge in [-0.05, 0) is 55.8 Å². The molecule has 3 rings (SSSR count). The van der Waals surface area contributed by atoms with Crippen molar-refractivity contribution in [1.29, 1.82) is 0 Å². The standard InChI is InChI=1S/C23H27ClN2O5/c1-4-30-23(28)26-11-9-25(10-12-26)22(27)17-5-8-21(29-3)18(14-17)15-31-19-6-7-20(24)16(2)13-19/h5-8,13-14H,4,9-12,15H2,1-3H3. The van der Waals surface area contributed by atoms with Crippen LogP contribution >= 0.6 is 11.6 Å². The van der Waals surface area contributed by atoms with Gasteiger partial charge in [0.25, 0.3) is 5.91 Å². The molecule has 8 heteroatoms. The van der Waals surface area contributed by atoms with Gasteiger partial charge < -0.3 is 24.0 Å². The molecule has 0 atom stereocenters. The molecule has 0 N–H and O–H groups in total. The molecule has 0 aromatic heterocycles. The minimum Gasteiger partial charge on any atom is -0.496 e. The lowest BCUT2D eigenvalue weighted by atomic mass is 10.1. The molecule has 2 aromatic carbocycles. The lowest BCUT2D eigenvalue weighted by molar-refractivity contribution is 0.0570. The Labute approximate surface area is 187 Å². The van der Waals surface area contributed by atoms with Crippen LogP contribution in [-0.4, -0.2) is 61.7 Å². The quantitative estimate of drug-likeness (QED) is 0.666. The highest BCUT2D eigenvalue weighted by Gasteiger charge is 2.26. The van der Waals surface area contributed by atoms with Gasteiger partial charge in [0.15, 0.2) is 0 Å². The minimum atomic E-state index is -0.337. The highest BCUT2D eigenvalue weighted by Crippen LogP contribution is 2.25. The molecule has 1 saturated heterocycles. The average Bonchev–Trinajstić information content (AvgIpc) is 2.79. The molecule has 2 amide bonds. The molecule has 2 aromatic rings. The van der Waals surface area contributed by atoms with Gasteiger partial charge >= 0.3 is 6.09 Å². The molecule has 0 radical (unpaired) electrons. The van der Waals surface area contributed by atoms with Crippen LogP contribution in [0.15, 0.2) is 36.4 Å². The summed E-state index contributed by atoms with van der Waals surface area (Å²) in [5, 5.41) is 0.681. The second kappa shape index (κ2) is 10.4. The number of carbonyl (C=O) groups excluding carboxylic acids is 2. The van der Waals surface area contributed by atoms with Gasteiger partial charge in [-0.25, -0.2) is 4.79 Å². The summed E-state index contributed by atoms with van der Waals surface area (Å²) in [5.74, 6) is 1.25. The maximum atomic E-state index is 13.0. The number of hydrogen-bond donors (Lipinski definition) is 0. The van der Waals surface area contributed by atoms with Gasteiger partial charge in [-0.1, -0.05) is 11.6 Å². The Bertz CT molecular complexity index is 942. The summed E-state index contributed by atoms with van der Waals surface area (Å²) in [4.78, 5) is 28.2. The molecule has 0 aliphatic carbocycles. The summed E-state index contributed by atoms with van der Waals surface area (Å²) in [6.07, 6.45) is -0.337. The molecule has 1 heterocycles. The number of aryl methyl sites for hydroxylation is 1. The van der Waals surface area contributed by atoms with Crippen molar-refractivity contribution < 1.29 is 23.8 Å². The SMILES string of the molecule is CCOC(=O)N1CCN(C(=O)c2ccc(OC)c(COc3ccc(Cl)c(C)c3)c2)CC1. The van der Waals surface area contributed by atoms with Crippen molar-refractivity contribution in [2.75, 3.05) is 39.9 Å². The van der Waals surface area contributed by atoms with Crippen LogP contribution < -0.4 is 9.47 Å². The van der Waals surface area contributed by atoms with Gasteiger partial charge in [0.1, 0.15) is 18.1 Å². The fourth-order valence-electron chi connectivity index (χ4n) is 3.38. The van der Waals surface area contributed by atoms with E-state index in [1.165, 1.54) is 0 Å². The number of amides is 2. The Morgan fingerprint density at radius 1 is 1.03 bits per heavy atom. The van der Waals surface area contributed by atoms with Gasteiger partial charge in [0.05, 0.1) is 13.7 Å². The maximum absolute atomic E-state index is 13.0. The molecule has 0 bridgehead atoms. The molecule has 1 aliphatic heterocycles. The van der Waals surface area contributed by atoms with Crippen molar-refractivity contribution in [3.63, 3.8) is 0 Å². The molecule has 0 unspecified atom stereocenters. The normalized spacial score (nSPS) is 13.7. The van der Waals surface area contributed by atoms with Gasteiger partial charge in [-0.15, -0.1) is 0 Å². The first-order chi connectivity index (χ1) is 14.9. The van der Waals surface area contributed by atoms with Crippen LogP contribution in [0.1, 0.15) is 28.4 Å². The van der Waals surface area contributed by atoms with Crippen LogP contribution in [0.2, 0.25) is 5.02 Å². The number of nitrogens with zero attached hydrogens (tertiary/aromatic N) is 2. The van der Waals surface area contributed by atoms with Crippen LogP contribution in [0.4, 0.5) is 4.79 Å². The Morgan fingerprint density at radius 2 is 1.74 bits per heavy atom. The van der Waals surface area contributed by atoms with E-state index in [4.69, 9.17) is 25.8 Å². The predicted octanol–water partition coefficient (Wildman–Crippen LogP) is 4.15. The van der Waals surface area contributed by atoms with Crippen molar-refractivity contribution in [2.45, 2.75) is 20.5 Å². The van der Waals surface area contributed by atoms with Crippen LogP contribution in [-0.2, 0) is 11.3 Å². The summed E-state index contributed by atoms with van der Waals surface area (Å²) in [5.41, 5.74) is 2.25. The molecule has 0 saturated carbocycles. The van der Waals surface area contributed by atoms with Crippen LogP contribution in [0, 0.1) is 6.92 Å². The predicted molar refractivity (Wildman–Crippen MR) is 118 cm³/mol. The van der Waals surface area contributed by atoms with Crippen molar-refractivity contribution in [1.82, 2.24) is 9.80 Å². The van der Waals surface area contributed by atoms with E-state index in [2.05, 4.69) is 0 Å². The number of ether oxygens (including phenoxy) is 3. The molecule has 0 spiro atoms. The second-order valence-corrected chi connectivity index (χ2v) is 7.61. The van der Waals surface area contributed by atoms with Crippen molar-refractivity contribution in [3.05, 3.63) is 58.1 Å². The number of hydrogen-bond acceptors (Lipinski definition) is 5. The fourth-order valence-corrected chi connectivity index (χ4v) is 3.50. The molecule has 31 heavy (non-hydrogen) atoms. The number of benzene rings is 2. The molecule has 7 nitrogen and oxygen atoms in total. The van der Waals surface area contributed by atoms with Crippen LogP contribution in [0.25, 0.3) is 0 Å². The largest absolute Gasteiger partial charge is 0.496 e. The Morgan fingerprint density at radius 3 is 2.39 bits per heavy atom. The summed E-state index contributed by atoms with van der Waals surface area (Å²) in [6.45, 7) is 6.10. The Kier molecular flexibility index (Phi) is 7.63. The number of carbonyl (C=O) groups is 2. The zero-order valence-electron chi connectivity index (χ0n) is 18.0. The third-order valence-electron chi connectivity index (χ3n) is 5.14. The van der Waals surface area contributed by atoms with E-state index in [0.29, 0.717) is 54.9 Å². The third-order valence-corrected chi connectivity index (χ3v) is 5.57. The van der Waals surface area contributed by atoms with Gasteiger partial charge in [0, 0.05) is 42.3 Å². The van der Waals surface area contributed by atoms with E-state index >= 15 is 0 Å². The van der Waals surface area contributed by atoms with E-state index < -0.39 is 0 Å². The molecular formula is C23H27ClN2O5. The number of methoxy groups -OCH3 is 1. The summed E-state index contributed by atoms with van der Waals surface area (Å²) >= 11 is 6.07. The first-order valence-corrected chi connectivity index (χ1v) is 10.6. The van der Waals surface area contributed by atoms with Crippen LogP contribution in [0.5, 0.6) is 11.5 Å². The fraction of sp³-hybridized carbons (Fsp3) is 0.391. The smallest absolute Gasteiger partial charge is 0.409 e. The monoisotopic (exact) mass is 446 g/mol. The first kappa shape index (κ1) is 22.7. The highest BCUT2D eigenvalue weighted by molar-refractivity contribution is 6.31. The maximum Gasteiger partial charge on any atom is 0.409 e. The van der Waals surface area contributed by atoms with Crippen molar-refractivity contribution >= 4 is 23.6 Å². The number of halogens is 1. The molecular weight excluding hydrogens is 420 g/mol. The minimum absolute atomic E-state index is 0.0882. The molecule has 1 aliphatic rings. The van der Waals surface area contributed by atoms with E-state index in [9.17, 15) is 9.59 Å². The zero-order valence-corrected chi connectivity index (χ0v) is 18.8. The Hall–Kier alpha value is -2.93. The summed E-state index contributed by atoms with van der Waals surface area (Å²) < 4.78 is 16.4. The van der Waals surface area contributed by atoms with Gasteiger partial charge in [-0.2, -0.15) is 0 Å². The lowest BCUT2D eigenvalue weighted by Gasteiger charge is -2.34.